The molecular weight excluding hydrogens is 677 g/mol. The van der Waals surface area contributed by atoms with Crippen LogP contribution in [0.3, 0.4) is 0 Å². The number of carbonyl (C=O) groups is 2. The normalized spacial score (nSPS) is 14.6. The van der Waals surface area contributed by atoms with Crippen molar-refractivity contribution in [2.75, 3.05) is 18.0 Å². The minimum atomic E-state index is -4.14. The van der Waals surface area contributed by atoms with Gasteiger partial charge < -0.3 is 15.0 Å². The quantitative estimate of drug-likeness (QED) is 0.229. The third-order valence-electron chi connectivity index (χ3n) is 6.78. The van der Waals surface area contributed by atoms with Crippen LogP contribution < -0.4 is 15.0 Å². The average Bonchev–Trinajstić information content (AvgIpc) is 3.01. The van der Waals surface area contributed by atoms with E-state index in [0.717, 1.165) is 9.87 Å². The lowest BCUT2D eigenvalue weighted by Gasteiger charge is -2.35. The summed E-state index contributed by atoms with van der Waals surface area (Å²) in [4.78, 5) is 28.5. The maximum Gasteiger partial charge on any atom is 0.263 e. The number of amides is 2. The van der Waals surface area contributed by atoms with Crippen molar-refractivity contribution >= 4 is 66.7 Å². The maximum atomic E-state index is 13.9. The summed E-state index contributed by atoms with van der Waals surface area (Å²) in [6, 6.07) is 27.2. The topological polar surface area (TPSA) is 96.0 Å². The highest BCUT2D eigenvalue weighted by Crippen LogP contribution is 2.34. The van der Waals surface area contributed by atoms with Crippen LogP contribution in [0.15, 0.2) is 106 Å². The third kappa shape index (κ3) is 7.39. The number of ether oxygens (including phenoxy) is 1. The lowest BCUT2D eigenvalue weighted by molar-refractivity contribution is -0.128. The average molecular weight is 703 g/mol. The highest BCUT2D eigenvalue weighted by molar-refractivity contribution is 9.10. The summed E-state index contributed by atoms with van der Waals surface area (Å²) in [5.41, 5.74) is 1.90. The number of sulfonamides is 1. The molecule has 0 saturated carbocycles. The van der Waals surface area contributed by atoms with Crippen molar-refractivity contribution in [1.82, 2.24) is 9.62 Å². The molecule has 1 unspecified atom stereocenters. The summed E-state index contributed by atoms with van der Waals surface area (Å²) in [5.74, 6) is -0.586. The number of hydrogen-bond donors (Lipinski definition) is 1. The predicted octanol–water partition coefficient (Wildman–Crippen LogP) is 6.06. The van der Waals surface area contributed by atoms with Gasteiger partial charge in [0.2, 0.25) is 15.9 Å². The van der Waals surface area contributed by atoms with Crippen molar-refractivity contribution in [2.24, 2.45) is 0 Å². The number of para-hydroxylation sites is 2. The van der Waals surface area contributed by atoms with Crippen LogP contribution in [0.4, 0.5) is 5.69 Å². The first-order chi connectivity index (χ1) is 20.6. The maximum absolute atomic E-state index is 13.9. The Bertz CT molecular complexity index is 1740. The van der Waals surface area contributed by atoms with Crippen LogP contribution >= 0.6 is 39.1 Å². The van der Waals surface area contributed by atoms with E-state index in [-0.39, 0.29) is 29.6 Å². The van der Waals surface area contributed by atoms with Crippen molar-refractivity contribution in [3.63, 3.8) is 0 Å². The predicted molar refractivity (Wildman–Crippen MR) is 170 cm³/mol. The van der Waals surface area contributed by atoms with Gasteiger partial charge >= 0.3 is 0 Å². The second kappa shape index (κ2) is 13.5. The van der Waals surface area contributed by atoms with E-state index in [4.69, 9.17) is 27.9 Å². The molecule has 5 rings (SSSR count). The van der Waals surface area contributed by atoms with Gasteiger partial charge in [-0.1, -0.05) is 87.7 Å². The summed E-state index contributed by atoms with van der Waals surface area (Å²) in [7, 11) is -4.14. The minimum Gasteiger partial charge on any atom is -0.477 e. The molecule has 0 aliphatic carbocycles. The number of fused-ring (bicyclic) bond motifs is 1. The zero-order valence-electron chi connectivity index (χ0n) is 22.6. The monoisotopic (exact) mass is 701 g/mol. The molecule has 1 atom stereocenters. The molecule has 0 aromatic heterocycles. The van der Waals surface area contributed by atoms with E-state index in [2.05, 4.69) is 21.2 Å². The van der Waals surface area contributed by atoms with E-state index >= 15 is 0 Å². The Morgan fingerprint density at radius 2 is 1.60 bits per heavy atom. The van der Waals surface area contributed by atoms with Gasteiger partial charge in [-0.2, -0.15) is 4.31 Å². The Labute approximate surface area is 268 Å². The summed E-state index contributed by atoms with van der Waals surface area (Å²) in [6.07, 6.45) is -1.01. The first-order valence-electron chi connectivity index (χ1n) is 13.2. The Morgan fingerprint density at radius 1 is 0.907 bits per heavy atom. The summed E-state index contributed by atoms with van der Waals surface area (Å²) >= 11 is 15.6. The van der Waals surface area contributed by atoms with Gasteiger partial charge in [0.05, 0.1) is 33.7 Å². The molecule has 1 N–H and O–H groups in total. The lowest BCUT2D eigenvalue weighted by atomic mass is 10.1. The number of carbonyl (C=O) groups excluding carboxylic acids is 2. The molecule has 8 nitrogen and oxygen atoms in total. The van der Waals surface area contributed by atoms with Crippen LogP contribution in [0.25, 0.3) is 0 Å². The van der Waals surface area contributed by atoms with Gasteiger partial charge in [0.15, 0.2) is 6.10 Å². The standard InChI is InChI=1S/C31H26BrCl2N3O5S/c32-23-11-13-24(14-12-23)43(40,41)36(18-22-10-15-25(33)26(34)16-22)20-30(38)37-19-29(42-28-9-5-4-8-27(28)37)31(39)35-17-21-6-2-1-3-7-21/h1-16,29H,17-20H2,(H,35,39). The van der Waals surface area contributed by atoms with Crippen LogP contribution in [-0.4, -0.2) is 43.7 Å². The minimum absolute atomic E-state index is 0.0177. The molecule has 4 aromatic rings. The number of halogens is 3. The molecule has 0 bridgehead atoms. The zero-order valence-corrected chi connectivity index (χ0v) is 26.5. The molecule has 1 aliphatic rings. The molecule has 222 valence electrons. The molecule has 0 saturated heterocycles. The van der Waals surface area contributed by atoms with Crippen LogP contribution in [0.5, 0.6) is 5.75 Å². The first kappa shape index (κ1) is 31.0. The molecule has 0 spiro atoms. The second-order valence-electron chi connectivity index (χ2n) is 9.76. The van der Waals surface area contributed by atoms with Gasteiger partial charge in [-0.3, -0.25) is 9.59 Å². The highest BCUT2D eigenvalue weighted by Gasteiger charge is 2.36. The van der Waals surface area contributed by atoms with E-state index in [1.165, 1.54) is 17.0 Å². The SMILES string of the molecule is O=C(NCc1ccccc1)C1CN(C(=O)CN(Cc2ccc(Cl)c(Cl)c2)S(=O)(=O)c2ccc(Br)cc2)c2ccccc2O1. The number of anilines is 1. The van der Waals surface area contributed by atoms with E-state index < -0.39 is 34.5 Å². The van der Waals surface area contributed by atoms with Crippen molar-refractivity contribution in [3.05, 3.63) is 123 Å². The molecule has 1 aliphatic heterocycles. The molecule has 0 radical (unpaired) electrons. The summed E-state index contributed by atoms with van der Waals surface area (Å²) in [5, 5.41) is 3.44. The number of hydrogen-bond acceptors (Lipinski definition) is 5. The smallest absolute Gasteiger partial charge is 0.263 e. The van der Waals surface area contributed by atoms with Crippen molar-refractivity contribution < 1.29 is 22.7 Å². The Balaban J connectivity index is 1.42. The van der Waals surface area contributed by atoms with Gasteiger partial charge in [-0.25, -0.2) is 8.42 Å². The van der Waals surface area contributed by atoms with Crippen LogP contribution in [-0.2, 0) is 32.7 Å². The van der Waals surface area contributed by atoms with Gasteiger partial charge in [0.25, 0.3) is 5.91 Å². The van der Waals surface area contributed by atoms with Crippen molar-refractivity contribution in [2.45, 2.75) is 24.1 Å². The zero-order chi connectivity index (χ0) is 30.6. The van der Waals surface area contributed by atoms with Gasteiger partial charge in [-0.15, -0.1) is 0 Å². The summed E-state index contributed by atoms with van der Waals surface area (Å²) < 4.78 is 35.5. The molecule has 1 heterocycles. The molecule has 43 heavy (non-hydrogen) atoms. The fourth-order valence-corrected chi connectivity index (χ4v) is 6.53. The Morgan fingerprint density at radius 3 is 2.33 bits per heavy atom. The fourth-order valence-electron chi connectivity index (χ4n) is 4.57. The van der Waals surface area contributed by atoms with Crippen molar-refractivity contribution in [3.8, 4) is 5.75 Å². The Kier molecular flexibility index (Phi) is 9.73. The first-order valence-corrected chi connectivity index (χ1v) is 16.2. The van der Waals surface area contributed by atoms with Crippen LogP contribution in [0, 0.1) is 0 Å². The van der Waals surface area contributed by atoms with Gasteiger partial charge in [0, 0.05) is 17.6 Å². The number of nitrogens with zero attached hydrogens (tertiary/aromatic N) is 2. The van der Waals surface area contributed by atoms with Gasteiger partial charge in [-0.05, 0) is 59.7 Å². The lowest BCUT2D eigenvalue weighted by Crippen LogP contribution is -2.52. The second-order valence-corrected chi connectivity index (χ2v) is 13.4. The molecule has 4 aromatic carbocycles. The third-order valence-corrected chi connectivity index (χ3v) is 9.86. The van der Waals surface area contributed by atoms with Crippen LogP contribution in [0.2, 0.25) is 10.0 Å². The highest BCUT2D eigenvalue weighted by atomic mass is 79.9. The molecule has 12 heteroatoms. The largest absolute Gasteiger partial charge is 0.477 e. The van der Waals surface area contributed by atoms with Gasteiger partial charge in [0.1, 0.15) is 5.75 Å². The molecule has 2 amide bonds. The van der Waals surface area contributed by atoms with E-state index in [0.29, 0.717) is 26.5 Å². The molecular formula is C31H26BrCl2N3O5S. The van der Waals surface area contributed by atoms with E-state index in [9.17, 15) is 18.0 Å². The van der Waals surface area contributed by atoms with E-state index in [1.807, 2.05) is 30.3 Å². The van der Waals surface area contributed by atoms with E-state index in [1.54, 1.807) is 54.6 Å². The van der Waals surface area contributed by atoms with Crippen molar-refractivity contribution in [1.29, 1.82) is 0 Å². The number of benzene rings is 4. The summed E-state index contributed by atoms with van der Waals surface area (Å²) in [6.45, 7) is -0.466. The molecule has 0 fully saturated rings. The van der Waals surface area contributed by atoms with Crippen LogP contribution in [0.1, 0.15) is 11.1 Å². The number of rotatable bonds is 9. The number of nitrogens with one attached hydrogen (secondary N) is 1. The Hall–Kier alpha value is -3.41. The fraction of sp³-hybridized carbons (Fsp3) is 0.161.